The van der Waals surface area contributed by atoms with E-state index in [0.717, 1.165) is 16.8 Å². The Morgan fingerprint density at radius 2 is 1.91 bits per heavy atom. The largest absolute Gasteiger partial charge is 0.493 e. The minimum absolute atomic E-state index is 0.0243. The first-order chi connectivity index (χ1) is 16.7. The summed E-state index contributed by atoms with van der Waals surface area (Å²) >= 11 is 6.08. The molecule has 0 bridgehead atoms. The molecule has 180 valence electrons. The molecule has 2 aliphatic rings. The molecular weight excluding hydrogens is 460 g/mol. The van der Waals surface area contributed by atoms with Crippen LogP contribution >= 0.6 is 11.6 Å². The van der Waals surface area contributed by atoms with Crippen molar-refractivity contribution in [3.63, 3.8) is 0 Å². The number of ether oxygens (including phenoxy) is 2. The van der Waals surface area contributed by atoms with Gasteiger partial charge in [-0.1, -0.05) is 67.4 Å². The van der Waals surface area contributed by atoms with Crippen LogP contribution in [0.25, 0.3) is 6.08 Å². The molecule has 2 heterocycles. The van der Waals surface area contributed by atoms with Crippen LogP contribution in [-0.2, 0) is 16.8 Å². The molecule has 3 aromatic carbocycles. The lowest BCUT2D eigenvalue weighted by Gasteiger charge is -2.40. The minimum atomic E-state index is -0.644. The summed E-state index contributed by atoms with van der Waals surface area (Å²) in [6, 6.07) is 19.9. The summed E-state index contributed by atoms with van der Waals surface area (Å²) < 4.78 is 11.6. The van der Waals surface area contributed by atoms with Gasteiger partial charge in [0.2, 0.25) is 5.91 Å². The normalized spacial score (nSPS) is 20.0. The standard InChI is InChI=1S/C29H29ClN2O3/c1-19-8-10-24-23(14-19)28(2,3)29(31-27(33)17-32(24)29)13-12-20-9-11-25(26(16-20)34-4)35-18-21-6-5-7-22(30)15-21/h5-16H,17-18H2,1-4H3,(H,31,33)/b13-12+. The van der Waals surface area contributed by atoms with Crippen LogP contribution in [0.4, 0.5) is 5.69 Å². The Kier molecular flexibility index (Phi) is 5.76. The van der Waals surface area contributed by atoms with Crippen LogP contribution in [0.3, 0.4) is 0 Å². The van der Waals surface area contributed by atoms with Gasteiger partial charge in [0.25, 0.3) is 0 Å². The molecule has 5 nitrogen and oxygen atoms in total. The molecular formula is C29H29ClN2O3. The Hall–Kier alpha value is -3.44. The lowest BCUT2D eigenvalue weighted by Crippen LogP contribution is -2.58. The zero-order chi connectivity index (χ0) is 24.8. The Bertz CT molecular complexity index is 1330. The quantitative estimate of drug-likeness (QED) is 0.471. The van der Waals surface area contributed by atoms with E-state index in [-0.39, 0.29) is 11.3 Å². The van der Waals surface area contributed by atoms with E-state index in [9.17, 15) is 4.79 Å². The maximum atomic E-state index is 12.6. The summed E-state index contributed by atoms with van der Waals surface area (Å²) in [5.41, 5.74) is 4.53. The van der Waals surface area contributed by atoms with Crippen molar-refractivity contribution >= 4 is 29.3 Å². The summed E-state index contributed by atoms with van der Waals surface area (Å²) in [5, 5.41) is 3.95. The molecule has 3 aromatic rings. The molecule has 2 aliphatic heterocycles. The third-order valence-electron chi connectivity index (χ3n) is 7.11. The Balaban J connectivity index is 1.43. The second-order valence-corrected chi connectivity index (χ2v) is 10.1. The molecule has 0 aliphatic carbocycles. The second kappa shape index (κ2) is 8.65. The van der Waals surface area contributed by atoms with Crippen molar-refractivity contribution in [3.05, 3.63) is 94.0 Å². The molecule has 1 N–H and O–H groups in total. The number of aryl methyl sites for hydroxylation is 1. The number of hydrogen-bond acceptors (Lipinski definition) is 4. The number of amides is 1. The van der Waals surface area contributed by atoms with Crippen molar-refractivity contribution in [2.45, 2.75) is 38.5 Å². The highest BCUT2D eigenvalue weighted by atomic mass is 35.5. The van der Waals surface area contributed by atoms with Gasteiger partial charge < -0.3 is 19.7 Å². The summed E-state index contributed by atoms with van der Waals surface area (Å²) in [7, 11) is 1.63. The van der Waals surface area contributed by atoms with E-state index in [4.69, 9.17) is 21.1 Å². The Labute approximate surface area is 211 Å². The number of nitrogens with zero attached hydrogens (tertiary/aromatic N) is 1. The van der Waals surface area contributed by atoms with Crippen molar-refractivity contribution in [2.75, 3.05) is 18.6 Å². The molecule has 0 radical (unpaired) electrons. The molecule has 6 heteroatoms. The number of benzene rings is 3. The van der Waals surface area contributed by atoms with Crippen molar-refractivity contribution in [1.82, 2.24) is 5.32 Å². The summed E-state index contributed by atoms with van der Waals surface area (Å²) in [5.74, 6) is 1.32. The molecule has 0 spiro atoms. The van der Waals surface area contributed by atoms with E-state index in [1.54, 1.807) is 7.11 Å². The maximum Gasteiger partial charge on any atom is 0.241 e. The number of anilines is 1. The van der Waals surface area contributed by atoms with Gasteiger partial charge in [-0.3, -0.25) is 4.79 Å². The van der Waals surface area contributed by atoms with Crippen LogP contribution < -0.4 is 19.7 Å². The highest BCUT2D eigenvalue weighted by Gasteiger charge is 2.59. The van der Waals surface area contributed by atoms with E-state index >= 15 is 0 Å². The number of rotatable bonds is 6. The first-order valence-electron chi connectivity index (χ1n) is 11.7. The van der Waals surface area contributed by atoms with Gasteiger partial charge in [0.1, 0.15) is 12.3 Å². The molecule has 0 saturated carbocycles. The van der Waals surface area contributed by atoms with Gasteiger partial charge in [0, 0.05) is 16.1 Å². The fraction of sp³-hybridized carbons (Fsp3) is 0.276. The third-order valence-corrected chi connectivity index (χ3v) is 7.35. The van der Waals surface area contributed by atoms with E-state index in [0.29, 0.717) is 29.7 Å². The summed E-state index contributed by atoms with van der Waals surface area (Å²) in [6.45, 7) is 7.21. The first-order valence-corrected chi connectivity index (χ1v) is 12.1. The van der Waals surface area contributed by atoms with Crippen LogP contribution in [0.5, 0.6) is 11.5 Å². The van der Waals surface area contributed by atoms with Crippen molar-refractivity contribution in [3.8, 4) is 11.5 Å². The zero-order valence-corrected chi connectivity index (χ0v) is 21.1. The van der Waals surface area contributed by atoms with Gasteiger partial charge in [-0.15, -0.1) is 0 Å². The number of halogens is 1. The Morgan fingerprint density at radius 1 is 1.09 bits per heavy atom. The van der Waals surface area contributed by atoms with Gasteiger partial charge in [0.05, 0.1) is 13.7 Å². The average Bonchev–Trinajstić information content (AvgIpc) is 3.26. The highest BCUT2D eigenvalue weighted by Crippen LogP contribution is 2.53. The van der Waals surface area contributed by atoms with Gasteiger partial charge in [-0.2, -0.15) is 0 Å². The molecule has 5 rings (SSSR count). The van der Waals surface area contributed by atoms with Gasteiger partial charge in [-0.25, -0.2) is 0 Å². The van der Waals surface area contributed by atoms with Gasteiger partial charge >= 0.3 is 0 Å². The van der Waals surface area contributed by atoms with Crippen molar-refractivity contribution in [2.24, 2.45) is 0 Å². The highest BCUT2D eigenvalue weighted by molar-refractivity contribution is 6.30. The number of hydrogen-bond donors (Lipinski definition) is 1. The number of fused-ring (bicyclic) bond motifs is 3. The van der Waals surface area contributed by atoms with E-state index in [1.165, 1.54) is 11.1 Å². The van der Waals surface area contributed by atoms with Crippen molar-refractivity contribution < 1.29 is 14.3 Å². The number of nitrogens with one attached hydrogen (secondary N) is 1. The fourth-order valence-electron chi connectivity index (χ4n) is 5.20. The van der Waals surface area contributed by atoms with Crippen molar-refractivity contribution in [1.29, 1.82) is 0 Å². The zero-order valence-electron chi connectivity index (χ0n) is 20.4. The Morgan fingerprint density at radius 3 is 2.69 bits per heavy atom. The number of carbonyl (C=O) groups excluding carboxylic acids is 1. The third kappa shape index (κ3) is 3.94. The van der Waals surface area contributed by atoms with Crippen LogP contribution in [0.15, 0.2) is 66.7 Å². The SMILES string of the molecule is COc1cc(/C=C/C23NC(=O)CN2c2ccc(C)cc2C3(C)C)ccc1OCc1cccc(Cl)c1. The maximum absolute atomic E-state index is 12.6. The summed E-state index contributed by atoms with van der Waals surface area (Å²) in [4.78, 5) is 14.7. The molecule has 1 fully saturated rings. The second-order valence-electron chi connectivity index (χ2n) is 9.71. The van der Waals surface area contributed by atoms with E-state index in [1.807, 2.05) is 48.5 Å². The molecule has 0 aromatic heterocycles. The lowest BCUT2D eigenvalue weighted by atomic mass is 9.75. The van der Waals surface area contributed by atoms with Crippen LogP contribution in [0, 0.1) is 6.92 Å². The lowest BCUT2D eigenvalue weighted by molar-refractivity contribution is -0.118. The minimum Gasteiger partial charge on any atom is -0.493 e. The van der Waals surface area contributed by atoms with E-state index < -0.39 is 5.66 Å². The van der Waals surface area contributed by atoms with Crippen LogP contribution in [0.1, 0.15) is 36.1 Å². The van der Waals surface area contributed by atoms with Crippen LogP contribution in [0.2, 0.25) is 5.02 Å². The summed E-state index contributed by atoms with van der Waals surface area (Å²) in [6.07, 6.45) is 4.15. The number of carbonyl (C=O) groups is 1. The first kappa shape index (κ1) is 23.3. The predicted molar refractivity (Wildman–Crippen MR) is 140 cm³/mol. The van der Waals surface area contributed by atoms with Gasteiger partial charge in [-0.05, 0) is 60.0 Å². The molecule has 1 unspecified atom stereocenters. The van der Waals surface area contributed by atoms with Crippen LogP contribution in [-0.4, -0.2) is 25.2 Å². The molecule has 1 amide bonds. The molecule has 35 heavy (non-hydrogen) atoms. The average molecular weight is 489 g/mol. The molecule has 1 saturated heterocycles. The van der Waals surface area contributed by atoms with E-state index in [2.05, 4.69) is 55.3 Å². The number of methoxy groups -OCH3 is 1. The smallest absolute Gasteiger partial charge is 0.241 e. The molecule has 1 atom stereocenters. The fourth-order valence-corrected chi connectivity index (χ4v) is 5.41. The van der Waals surface area contributed by atoms with Gasteiger partial charge in [0.15, 0.2) is 11.5 Å². The predicted octanol–water partition coefficient (Wildman–Crippen LogP) is 5.87. The topological polar surface area (TPSA) is 50.8 Å². The monoisotopic (exact) mass is 488 g/mol.